The van der Waals surface area contributed by atoms with E-state index in [-0.39, 0.29) is 0 Å². The summed E-state index contributed by atoms with van der Waals surface area (Å²) in [4.78, 5) is 0. The van der Waals surface area contributed by atoms with E-state index in [1.807, 2.05) is 41.9 Å². The van der Waals surface area contributed by atoms with Gasteiger partial charge in [0.1, 0.15) is 11.3 Å². The minimum absolute atomic E-state index is 0.459. The van der Waals surface area contributed by atoms with Crippen molar-refractivity contribution in [1.82, 2.24) is 5.32 Å². The second-order valence-electron chi connectivity index (χ2n) is 4.84. The topological polar surface area (TPSA) is 45.4 Å². The van der Waals surface area contributed by atoms with E-state index in [1.165, 1.54) is 0 Å². The molecule has 0 aliphatic rings. The number of aryl methyl sites for hydroxylation is 1. The van der Waals surface area contributed by atoms with Crippen LogP contribution in [0.2, 0.25) is 0 Å². The molecule has 0 aliphatic heterocycles. The standard InChI is InChI=1S/C16H17NO2S/c1-11-14(13-4-2-3-5-16(13)19-11)8-17-9-15(18)12-6-7-20-10-12/h2-7,10,15,17-18H,8-9H2,1H3. The Bertz CT molecular complexity index is 688. The minimum atomic E-state index is -0.459. The van der Waals surface area contributed by atoms with Crippen molar-refractivity contribution in [1.29, 1.82) is 0 Å². The van der Waals surface area contributed by atoms with Crippen LogP contribution in [0.3, 0.4) is 0 Å². The van der Waals surface area contributed by atoms with Gasteiger partial charge in [0.2, 0.25) is 0 Å². The number of thiophene rings is 1. The molecule has 0 spiro atoms. The highest BCUT2D eigenvalue weighted by molar-refractivity contribution is 7.07. The first-order valence-electron chi connectivity index (χ1n) is 6.63. The molecule has 0 amide bonds. The first kappa shape index (κ1) is 13.4. The number of benzene rings is 1. The molecule has 104 valence electrons. The van der Waals surface area contributed by atoms with Gasteiger partial charge in [0.15, 0.2) is 0 Å². The number of aliphatic hydroxyl groups excluding tert-OH is 1. The van der Waals surface area contributed by atoms with Crippen LogP contribution in [0.1, 0.15) is 23.0 Å². The van der Waals surface area contributed by atoms with E-state index in [4.69, 9.17) is 4.42 Å². The van der Waals surface area contributed by atoms with Crippen LogP contribution in [-0.2, 0) is 6.54 Å². The first-order valence-corrected chi connectivity index (χ1v) is 7.58. The van der Waals surface area contributed by atoms with E-state index in [0.717, 1.165) is 27.9 Å². The third kappa shape index (κ3) is 2.63. The molecule has 2 aromatic heterocycles. The summed E-state index contributed by atoms with van der Waals surface area (Å²) in [6.45, 7) is 3.21. The highest BCUT2D eigenvalue weighted by Gasteiger charge is 2.11. The Morgan fingerprint density at radius 1 is 1.30 bits per heavy atom. The Hall–Kier alpha value is -1.62. The van der Waals surface area contributed by atoms with E-state index >= 15 is 0 Å². The molecular weight excluding hydrogens is 270 g/mol. The van der Waals surface area contributed by atoms with Crippen LogP contribution in [0.15, 0.2) is 45.5 Å². The van der Waals surface area contributed by atoms with Crippen molar-refractivity contribution in [2.45, 2.75) is 19.6 Å². The van der Waals surface area contributed by atoms with Crippen LogP contribution >= 0.6 is 11.3 Å². The second kappa shape index (κ2) is 5.79. The van der Waals surface area contributed by atoms with Crippen molar-refractivity contribution >= 4 is 22.3 Å². The van der Waals surface area contributed by atoms with Gasteiger partial charge in [0, 0.05) is 24.0 Å². The molecule has 0 radical (unpaired) electrons. The molecule has 3 nitrogen and oxygen atoms in total. The Labute approximate surface area is 121 Å². The van der Waals surface area contributed by atoms with Crippen LogP contribution in [0, 0.1) is 6.92 Å². The summed E-state index contributed by atoms with van der Waals surface area (Å²) >= 11 is 1.60. The molecule has 1 unspecified atom stereocenters. The van der Waals surface area contributed by atoms with Gasteiger partial charge in [-0.15, -0.1) is 0 Å². The van der Waals surface area contributed by atoms with Crippen LogP contribution in [0.5, 0.6) is 0 Å². The molecule has 1 atom stereocenters. The maximum absolute atomic E-state index is 10.0. The zero-order valence-corrected chi connectivity index (χ0v) is 12.1. The van der Waals surface area contributed by atoms with Crippen molar-refractivity contribution in [3.63, 3.8) is 0 Å². The predicted octanol–water partition coefficient (Wildman–Crippen LogP) is 3.63. The lowest BCUT2D eigenvalue weighted by molar-refractivity contribution is 0.175. The zero-order valence-electron chi connectivity index (χ0n) is 11.3. The molecule has 0 aliphatic carbocycles. The SMILES string of the molecule is Cc1oc2ccccc2c1CNCC(O)c1ccsc1. The Morgan fingerprint density at radius 2 is 2.15 bits per heavy atom. The molecule has 4 heteroatoms. The predicted molar refractivity (Wildman–Crippen MR) is 81.9 cm³/mol. The van der Waals surface area contributed by atoms with Gasteiger partial charge >= 0.3 is 0 Å². The van der Waals surface area contributed by atoms with Gasteiger partial charge < -0.3 is 14.8 Å². The summed E-state index contributed by atoms with van der Waals surface area (Å²) < 4.78 is 5.73. The number of hydrogen-bond donors (Lipinski definition) is 2. The number of rotatable bonds is 5. The molecular formula is C16H17NO2S. The fourth-order valence-corrected chi connectivity index (χ4v) is 3.06. The highest BCUT2D eigenvalue weighted by Crippen LogP contribution is 2.25. The molecule has 1 aromatic carbocycles. The molecule has 0 saturated heterocycles. The molecule has 2 heterocycles. The average Bonchev–Trinajstić information content (AvgIpc) is 3.07. The van der Waals surface area contributed by atoms with Gasteiger partial charge in [-0.25, -0.2) is 0 Å². The number of nitrogens with one attached hydrogen (secondary N) is 1. The highest BCUT2D eigenvalue weighted by atomic mass is 32.1. The van der Waals surface area contributed by atoms with Gasteiger partial charge in [-0.3, -0.25) is 0 Å². The van der Waals surface area contributed by atoms with Gasteiger partial charge in [0.25, 0.3) is 0 Å². The average molecular weight is 287 g/mol. The van der Waals surface area contributed by atoms with Gasteiger partial charge in [-0.2, -0.15) is 11.3 Å². The summed E-state index contributed by atoms with van der Waals surface area (Å²) in [6, 6.07) is 9.99. The van der Waals surface area contributed by atoms with E-state index in [2.05, 4.69) is 11.4 Å². The monoisotopic (exact) mass is 287 g/mol. The largest absolute Gasteiger partial charge is 0.461 e. The lowest BCUT2D eigenvalue weighted by Gasteiger charge is -2.10. The lowest BCUT2D eigenvalue weighted by atomic mass is 10.1. The van der Waals surface area contributed by atoms with E-state index in [0.29, 0.717) is 13.1 Å². The summed E-state index contributed by atoms with van der Waals surface area (Å²) in [6.07, 6.45) is -0.459. The van der Waals surface area contributed by atoms with E-state index in [9.17, 15) is 5.11 Å². The molecule has 3 aromatic rings. The molecule has 20 heavy (non-hydrogen) atoms. The first-order chi connectivity index (χ1) is 9.75. The van der Waals surface area contributed by atoms with Crippen molar-refractivity contribution < 1.29 is 9.52 Å². The third-order valence-electron chi connectivity index (χ3n) is 3.47. The zero-order chi connectivity index (χ0) is 13.9. The Kier molecular flexibility index (Phi) is 3.87. The van der Waals surface area contributed by atoms with Crippen LogP contribution in [0.25, 0.3) is 11.0 Å². The quantitative estimate of drug-likeness (QED) is 0.753. The smallest absolute Gasteiger partial charge is 0.134 e. The van der Waals surface area contributed by atoms with E-state index in [1.54, 1.807) is 11.3 Å². The van der Waals surface area contributed by atoms with Gasteiger partial charge in [0.05, 0.1) is 6.10 Å². The number of hydrogen-bond acceptors (Lipinski definition) is 4. The van der Waals surface area contributed by atoms with Crippen molar-refractivity contribution in [2.75, 3.05) is 6.54 Å². The van der Waals surface area contributed by atoms with Crippen molar-refractivity contribution in [3.8, 4) is 0 Å². The number of fused-ring (bicyclic) bond motifs is 1. The Balaban J connectivity index is 1.67. The third-order valence-corrected chi connectivity index (χ3v) is 4.17. The fourth-order valence-electron chi connectivity index (χ4n) is 2.36. The summed E-state index contributed by atoms with van der Waals surface area (Å²) in [5.74, 6) is 0.934. The summed E-state index contributed by atoms with van der Waals surface area (Å²) in [5, 5.41) is 18.4. The lowest BCUT2D eigenvalue weighted by Crippen LogP contribution is -2.20. The molecule has 0 fully saturated rings. The van der Waals surface area contributed by atoms with E-state index < -0.39 is 6.10 Å². The molecule has 2 N–H and O–H groups in total. The van der Waals surface area contributed by atoms with Crippen LogP contribution in [-0.4, -0.2) is 11.7 Å². The van der Waals surface area contributed by atoms with Crippen molar-refractivity contribution in [2.24, 2.45) is 0 Å². The molecule has 0 bridgehead atoms. The van der Waals surface area contributed by atoms with Crippen LogP contribution in [0.4, 0.5) is 0 Å². The fraction of sp³-hybridized carbons (Fsp3) is 0.250. The van der Waals surface area contributed by atoms with Gasteiger partial charge in [-0.1, -0.05) is 18.2 Å². The molecule has 3 rings (SSSR count). The molecule has 0 saturated carbocycles. The maximum Gasteiger partial charge on any atom is 0.134 e. The normalized spacial score (nSPS) is 12.9. The Morgan fingerprint density at radius 3 is 2.95 bits per heavy atom. The number of furan rings is 1. The van der Waals surface area contributed by atoms with Gasteiger partial charge in [-0.05, 0) is 35.4 Å². The van der Waals surface area contributed by atoms with Crippen LogP contribution < -0.4 is 5.32 Å². The number of aliphatic hydroxyl groups is 1. The minimum Gasteiger partial charge on any atom is -0.461 e. The second-order valence-corrected chi connectivity index (χ2v) is 5.62. The summed E-state index contributed by atoms with van der Waals surface area (Å²) in [7, 11) is 0. The summed E-state index contributed by atoms with van der Waals surface area (Å²) in [5.41, 5.74) is 3.05. The number of para-hydroxylation sites is 1. The maximum atomic E-state index is 10.0. The van der Waals surface area contributed by atoms with Crippen molar-refractivity contribution in [3.05, 3.63) is 58.0 Å².